The molecule has 0 saturated heterocycles. The van der Waals surface area contributed by atoms with Crippen LogP contribution in [0.4, 0.5) is 5.69 Å². The number of anilines is 1. The summed E-state index contributed by atoms with van der Waals surface area (Å²) < 4.78 is 29.7. The van der Waals surface area contributed by atoms with Gasteiger partial charge in [-0.1, -0.05) is 12.1 Å². The van der Waals surface area contributed by atoms with E-state index < -0.39 is 15.6 Å². The lowest BCUT2D eigenvalue weighted by molar-refractivity contribution is 0.0950. The highest BCUT2D eigenvalue weighted by Crippen LogP contribution is 2.36. The molecule has 0 atom stereocenters. The van der Waals surface area contributed by atoms with E-state index in [4.69, 9.17) is 0 Å². The largest absolute Gasteiger partial charge is 0.388 e. The van der Waals surface area contributed by atoms with Crippen molar-refractivity contribution in [3.8, 4) is 21.0 Å². The second-order valence-corrected chi connectivity index (χ2v) is 12.1. The number of rotatable bonds is 8. The highest BCUT2D eigenvalue weighted by atomic mass is 32.2. The Morgan fingerprint density at radius 1 is 1.00 bits per heavy atom. The van der Waals surface area contributed by atoms with E-state index in [1.54, 1.807) is 63.6 Å². The normalized spacial score (nSPS) is 11.8. The van der Waals surface area contributed by atoms with Crippen molar-refractivity contribution in [3.63, 3.8) is 0 Å². The molecule has 0 unspecified atom stereocenters. The van der Waals surface area contributed by atoms with Gasteiger partial charge in [0.25, 0.3) is 5.91 Å². The Kier molecular flexibility index (Phi) is 7.72. The first kappa shape index (κ1) is 26.5. The molecule has 1 amide bonds. The monoisotopic (exact) mass is 535 g/mol. The SMILES string of the molecule is CNc1ccc(-c2ncc(-c3ccc(CNC(=O)c4ccncc4)cc3S(=O)(=O)NC(C)(C)C)s2)cc1. The van der Waals surface area contributed by atoms with Crippen LogP contribution in [0.1, 0.15) is 36.7 Å². The summed E-state index contributed by atoms with van der Waals surface area (Å²) in [6, 6.07) is 16.3. The van der Waals surface area contributed by atoms with Crippen molar-refractivity contribution >= 4 is 33.0 Å². The van der Waals surface area contributed by atoms with Gasteiger partial charge in [-0.15, -0.1) is 11.3 Å². The fourth-order valence-electron chi connectivity index (χ4n) is 3.66. The van der Waals surface area contributed by atoms with Crippen LogP contribution < -0.4 is 15.4 Å². The minimum absolute atomic E-state index is 0.138. The van der Waals surface area contributed by atoms with Gasteiger partial charge in [-0.3, -0.25) is 9.78 Å². The number of hydrogen-bond donors (Lipinski definition) is 3. The van der Waals surface area contributed by atoms with E-state index in [9.17, 15) is 13.2 Å². The van der Waals surface area contributed by atoms with Gasteiger partial charge in [-0.25, -0.2) is 18.1 Å². The smallest absolute Gasteiger partial charge is 0.251 e. The molecule has 2 aromatic heterocycles. The maximum atomic E-state index is 13.5. The van der Waals surface area contributed by atoms with Crippen molar-refractivity contribution in [1.29, 1.82) is 0 Å². The second kappa shape index (κ2) is 10.8. The first-order chi connectivity index (χ1) is 17.6. The van der Waals surface area contributed by atoms with Crippen LogP contribution in [0.3, 0.4) is 0 Å². The number of amides is 1. The Morgan fingerprint density at radius 3 is 2.35 bits per heavy atom. The van der Waals surface area contributed by atoms with Crippen molar-refractivity contribution in [2.45, 2.75) is 37.8 Å². The first-order valence-electron chi connectivity index (χ1n) is 11.7. The summed E-state index contributed by atoms with van der Waals surface area (Å²) in [6.45, 7) is 5.55. The third kappa shape index (κ3) is 6.59. The molecular weight excluding hydrogens is 506 g/mol. The van der Waals surface area contributed by atoms with Crippen molar-refractivity contribution in [2.24, 2.45) is 0 Å². The van der Waals surface area contributed by atoms with Gasteiger partial charge in [0.15, 0.2) is 0 Å². The molecule has 37 heavy (non-hydrogen) atoms. The number of nitrogens with zero attached hydrogens (tertiary/aromatic N) is 2. The van der Waals surface area contributed by atoms with Crippen molar-refractivity contribution in [1.82, 2.24) is 20.0 Å². The molecular formula is C27H29N5O3S2. The lowest BCUT2D eigenvalue weighted by Gasteiger charge is -2.22. The standard InChI is InChI=1S/C27H29N5O3S2/c1-27(2,3)32-37(34,35)24-15-18(16-30-25(33)19-11-13-29-14-12-19)5-10-22(24)23-17-31-26(36-23)20-6-8-21(28-4)9-7-20/h5-15,17,28,32H,16H2,1-4H3,(H,30,33). The predicted molar refractivity (Wildman–Crippen MR) is 148 cm³/mol. The van der Waals surface area contributed by atoms with E-state index in [0.717, 1.165) is 21.1 Å². The van der Waals surface area contributed by atoms with E-state index in [1.165, 1.54) is 11.3 Å². The Morgan fingerprint density at radius 2 is 1.70 bits per heavy atom. The maximum absolute atomic E-state index is 13.5. The Labute approximate surface area is 221 Å². The number of sulfonamides is 1. The summed E-state index contributed by atoms with van der Waals surface area (Å²) in [5, 5.41) is 6.72. The molecule has 0 aliphatic carbocycles. The summed E-state index contributed by atoms with van der Waals surface area (Å²) in [4.78, 5) is 21.8. The van der Waals surface area contributed by atoms with Gasteiger partial charge >= 0.3 is 0 Å². The predicted octanol–water partition coefficient (Wildman–Crippen LogP) is 4.92. The molecule has 0 aliphatic heterocycles. The van der Waals surface area contributed by atoms with Crippen LogP contribution >= 0.6 is 11.3 Å². The number of thiazole rings is 1. The van der Waals surface area contributed by atoms with Gasteiger partial charge in [-0.2, -0.15) is 0 Å². The van der Waals surface area contributed by atoms with E-state index >= 15 is 0 Å². The third-order valence-electron chi connectivity index (χ3n) is 5.36. The molecule has 0 fully saturated rings. The molecule has 0 bridgehead atoms. The molecule has 2 heterocycles. The first-order valence-corrected chi connectivity index (χ1v) is 14.0. The van der Waals surface area contributed by atoms with Gasteiger partial charge in [0, 0.05) is 60.1 Å². The zero-order valence-electron chi connectivity index (χ0n) is 21.1. The molecule has 2 aromatic carbocycles. The lowest BCUT2D eigenvalue weighted by Crippen LogP contribution is -2.40. The summed E-state index contributed by atoms with van der Waals surface area (Å²) in [6.07, 6.45) is 4.79. The Hall–Kier alpha value is -3.60. The van der Waals surface area contributed by atoms with E-state index in [0.29, 0.717) is 16.7 Å². The summed E-state index contributed by atoms with van der Waals surface area (Å²) >= 11 is 1.42. The highest BCUT2D eigenvalue weighted by molar-refractivity contribution is 7.89. The molecule has 0 radical (unpaired) electrons. The third-order valence-corrected chi connectivity index (χ3v) is 8.24. The van der Waals surface area contributed by atoms with Crippen LogP contribution in [0.5, 0.6) is 0 Å². The number of benzene rings is 2. The minimum atomic E-state index is -3.87. The quantitative estimate of drug-likeness (QED) is 0.295. The molecule has 4 aromatic rings. The number of nitrogens with one attached hydrogen (secondary N) is 3. The average Bonchev–Trinajstić information content (AvgIpc) is 3.36. The van der Waals surface area contributed by atoms with Gasteiger partial charge in [0.1, 0.15) is 5.01 Å². The molecule has 0 spiro atoms. The number of carbonyl (C=O) groups is 1. The molecule has 4 rings (SSSR count). The van der Waals surface area contributed by atoms with Gasteiger partial charge in [0.2, 0.25) is 10.0 Å². The van der Waals surface area contributed by atoms with Crippen LogP contribution in [0.25, 0.3) is 21.0 Å². The molecule has 0 aliphatic rings. The molecule has 192 valence electrons. The molecule has 8 nitrogen and oxygen atoms in total. The van der Waals surface area contributed by atoms with Crippen molar-refractivity contribution in [3.05, 3.63) is 84.3 Å². The minimum Gasteiger partial charge on any atom is -0.388 e. The van der Waals surface area contributed by atoms with Gasteiger partial charge in [-0.05, 0) is 68.8 Å². The number of carbonyl (C=O) groups excluding carboxylic acids is 1. The zero-order valence-corrected chi connectivity index (χ0v) is 22.7. The van der Waals surface area contributed by atoms with Crippen LogP contribution in [-0.4, -0.2) is 36.9 Å². The number of pyridine rings is 1. The molecule has 10 heteroatoms. The van der Waals surface area contributed by atoms with E-state index in [1.807, 2.05) is 37.4 Å². The zero-order chi connectivity index (χ0) is 26.6. The van der Waals surface area contributed by atoms with Crippen molar-refractivity contribution < 1.29 is 13.2 Å². The average molecular weight is 536 g/mol. The van der Waals surface area contributed by atoms with Crippen LogP contribution in [0.2, 0.25) is 0 Å². The summed E-state index contributed by atoms with van der Waals surface area (Å²) in [5.41, 5.74) is 2.96. The van der Waals surface area contributed by atoms with Crippen LogP contribution in [0.15, 0.2) is 78.1 Å². The maximum Gasteiger partial charge on any atom is 0.251 e. The second-order valence-electron chi connectivity index (χ2n) is 9.46. The topological polar surface area (TPSA) is 113 Å². The van der Waals surface area contributed by atoms with Crippen LogP contribution in [-0.2, 0) is 16.6 Å². The fraction of sp³-hybridized carbons (Fsp3) is 0.222. The Balaban J connectivity index is 1.68. The van der Waals surface area contributed by atoms with Gasteiger partial charge < -0.3 is 10.6 Å². The summed E-state index contributed by atoms with van der Waals surface area (Å²) in [5.74, 6) is -0.264. The number of hydrogen-bond acceptors (Lipinski definition) is 7. The highest BCUT2D eigenvalue weighted by Gasteiger charge is 2.26. The van der Waals surface area contributed by atoms with Gasteiger partial charge in [0.05, 0.1) is 9.77 Å². The van der Waals surface area contributed by atoms with Crippen molar-refractivity contribution in [2.75, 3.05) is 12.4 Å². The summed E-state index contributed by atoms with van der Waals surface area (Å²) in [7, 11) is -2.02. The lowest BCUT2D eigenvalue weighted by atomic mass is 10.1. The van der Waals surface area contributed by atoms with Crippen LogP contribution in [0, 0.1) is 0 Å². The molecule has 0 saturated carbocycles. The number of aromatic nitrogens is 2. The fourth-order valence-corrected chi connectivity index (χ4v) is 6.38. The Bertz CT molecular complexity index is 1490. The molecule has 3 N–H and O–H groups in total. The van der Waals surface area contributed by atoms with E-state index in [-0.39, 0.29) is 17.3 Å². The van der Waals surface area contributed by atoms with E-state index in [2.05, 4.69) is 25.3 Å².